The standard InChI is InChI=1S/C37H39FN6O4S/c1-42-18-20-44(21-19-42)24-34(45)43(2)31-15-13-30(14-16-31)40-36(35-32-17-12-29(38)22-33(32)41-37(35)46)28-10-8-26(9-11-28)23-39-49(47,48)25-27-6-4-3-5-7-27/h3-17,22,39-40H,18-21,23-25H2,1-2H3,(H,41,46). The summed E-state index contributed by atoms with van der Waals surface area (Å²) < 4.78 is 42.1. The summed E-state index contributed by atoms with van der Waals surface area (Å²) in [6.45, 7) is 4.01. The van der Waals surface area contributed by atoms with Gasteiger partial charge in [0.1, 0.15) is 5.82 Å². The SMILES string of the molecule is CN1CCN(CC(=O)N(C)c2ccc(NC(=C3C(=O)Nc4cc(F)ccc43)c3ccc(CNS(=O)(=O)Cc4ccccc4)cc3)cc2)CC1. The molecule has 12 heteroatoms. The van der Waals surface area contributed by atoms with Crippen LogP contribution < -0.4 is 20.3 Å². The van der Waals surface area contributed by atoms with Crippen molar-refractivity contribution in [3.8, 4) is 0 Å². The minimum atomic E-state index is -3.57. The molecule has 4 aromatic carbocycles. The first-order valence-corrected chi connectivity index (χ1v) is 17.7. The lowest BCUT2D eigenvalue weighted by molar-refractivity contribution is -0.119. The number of halogens is 1. The van der Waals surface area contributed by atoms with Gasteiger partial charge < -0.3 is 20.4 Å². The summed E-state index contributed by atoms with van der Waals surface area (Å²) in [5.41, 5.74) is 5.26. The number of fused-ring (bicyclic) bond motifs is 1. The van der Waals surface area contributed by atoms with Gasteiger partial charge in [0.25, 0.3) is 5.91 Å². The van der Waals surface area contributed by atoms with Gasteiger partial charge in [-0.05, 0) is 66.2 Å². The lowest BCUT2D eigenvalue weighted by atomic mass is 9.99. The molecule has 6 rings (SSSR count). The van der Waals surface area contributed by atoms with Gasteiger partial charge in [0.2, 0.25) is 15.9 Å². The minimum Gasteiger partial charge on any atom is -0.354 e. The van der Waals surface area contributed by atoms with E-state index in [4.69, 9.17) is 0 Å². The van der Waals surface area contributed by atoms with Crippen LogP contribution in [0.15, 0.2) is 97.1 Å². The van der Waals surface area contributed by atoms with Crippen molar-refractivity contribution in [1.82, 2.24) is 14.5 Å². The molecule has 4 aromatic rings. The Morgan fingerprint density at radius 2 is 1.59 bits per heavy atom. The molecule has 2 amide bonds. The molecule has 0 radical (unpaired) electrons. The van der Waals surface area contributed by atoms with Crippen LogP contribution in [0, 0.1) is 5.82 Å². The Kier molecular flexibility index (Phi) is 10.2. The Morgan fingerprint density at radius 1 is 0.898 bits per heavy atom. The minimum absolute atomic E-state index is 0.00183. The maximum atomic E-state index is 14.1. The number of hydrogen-bond acceptors (Lipinski definition) is 7. The topological polar surface area (TPSA) is 114 Å². The number of rotatable bonds is 11. The van der Waals surface area contributed by atoms with Crippen molar-refractivity contribution in [2.24, 2.45) is 0 Å². The zero-order valence-electron chi connectivity index (χ0n) is 27.4. The molecule has 10 nitrogen and oxygen atoms in total. The molecule has 0 bridgehead atoms. The molecule has 254 valence electrons. The quantitative estimate of drug-likeness (QED) is 0.199. The van der Waals surface area contributed by atoms with E-state index in [0.29, 0.717) is 45.9 Å². The number of amides is 2. The molecule has 2 heterocycles. The van der Waals surface area contributed by atoms with Crippen molar-refractivity contribution in [3.63, 3.8) is 0 Å². The third-order valence-electron chi connectivity index (χ3n) is 8.77. The molecule has 2 aliphatic heterocycles. The van der Waals surface area contributed by atoms with Gasteiger partial charge in [-0.2, -0.15) is 0 Å². The number of carbonyl (C=O) groups excluding carboxylic acids is 2. The van der Waals surface area contributed by atoms with Crippen molar-refractivity contribution in [2.75, 3.05) is 62.4 Å². The van der Waals surface area contributed by atoms with Gasteiger partial charge in [-0.3, -0.25) is 14.5 Å². The summed E-state index contributed by atoms with van der Waals surface area (Å²) in [5, 5.41) is 6.15. The molecule has 0 unspecified atom stereocenters. The van der Waals surface area contributed by atoms with Gasteiger partial charge in [0, 0.05) is 56.7 Å². The van der Waals surface area contributed by atoms with Crippen molar-refractivity contribution >= 4 is 50.2 Å². The Labute approximate surface area is 286 Å². The summed E-state index contributed by atoms with van der Waals surface area (Å²) in [6, 6.07) is 27.7. The zero-order valence-corrected chi connectivity index (χ0v) is 28.3. The number of hydrogen-bond donors (Lipinski definition) is 3. The van der Waals surface area contributed by atoms with E-state index in [1.165, 1.54) is 12.1 Å². The van der Waals surface area contributed by atoms with Gasteiger partial charge >= 0.3 is 0 Å². The summed E-state index contributed by atoms with van der Waals surface area (Å²) in [7, 11) is 0.274. The fraction of sp³-hybridized carbons (Fsp3) is 0.243. The number of nitrogens with zero attached hydrogens (tertiary/aromatic N) is 3. The van der Waals surface area contributed by atoms with Gasteiger partial charge in [-0.1, -0.05) is 54.6 Å². The third kappa shape index (κ3) is 8.41. The first-order chi connectivity index (χ1) is 23.5. The Morgan fingerprint density at radius 3 is 2.29 bits per heavy atom. The van der Waals surface area contributed by atoms with Crippen molar-refractivity contribution < 1.29 is 22.4 Å². The van der Waals surface area contributed by atoms with E-state index in [-0.39, 0.29) is 24.1 Å². The normalized spacial score (nSPS) is 16.2. The molecule has 0 aromatic heterocycles. The second-order valence-electron chi connectivity index (χ2n) is 12.4. The van der Waals surface area contributed by atoms with Crippen LogP contribution in [0.1, 0.15) is 22.3 Å². The highest BCUT2D eigenvalue weighted by Crippen LogP contribution is 2.38. The molecular weight excluding hydrogens is 644 g/mol. The van der Waals surface area contributed by atoms with Crippen LogP contribution in [0.25, 0.3) is 11.3 Å². The second-order valence-corrected chi connectivity index (χ2v) is 14.2. The molecule has 0 spiro atoms. The van der Waals surface area contributed by atoms with E-state index in [1.807, 2.05) is 42.5 Å². The molecule has 49 heavy (non-hydrogen) atoms. The van der Waals surface area contributed by atoms with Crippen LogP contribution in [-0.4, -0.2) is 76.9 Å². The Hall–Kier alpha value is -4.88. The average Bonchev–Trinajstić information content (AvgIpc) is 3.42. The second kappa shape index (κ2) is 14.7. The maximum absolute atomic E-state index is 14.1. The van der Waals surface area contributed by atoms with E-state index in [1.54, 1.807) is 54.4 Å². The Bertz CT molecular complexity index is 1960. The predicted molar refractivity (Wildman–Crippen MR) is 192 cm³/mol. The predicted octanol–water partition coefficient (Wildman–Crippen LogP) is 4.59. The molecule has 0 saturated carbocycles. The fourth-order valence-corrected chi connectivity index (χ4v) is 6.98. The molecule has 1 fully saturated rings. The first-order valence-electron chi connectivity index (χ1n) is 16.1. The summed E-state index contributed by atoms with van der Waals surface area (Å²) in [4.78, 5) is 32.4. The van der Waals surface area contributed by atoms with E-state index in [9.17, 15) is 22.4 Å². The summed E-state index contributed by atoms with van der Waals surface area (Å²) in [5.74, 6) is -0.968. The number of carbonyl (C=O) groups is 2. The van der Waals surface area contributed by atoms with Gasteiger partial charge in [0.05, 0.1) is 29.3 Å². The van der Waals surface area contributed by atoms with Crippen LogP contribution in [0.3, 0.4) is 0 Å². The summed E-state index contributed by atoms with van der Waals surface area (Å²) in [6.07, 6.45) is 0. The largest absolute Gasteiger partial charge is 0.354 e. The number of anilines is 3. The highest BCUT2D eigenvalue weighted by Gasteiger charge is 2.29. The van der Waals surface area contributed by atoms with Gasteiger partial charge in [-0.25, -0.2) is 17.5 Å². The fourth-order valence-electron chi connectivity index (χ4n) is 5.86. The number of piperazine rings is 1. The molecule has 1 saturated heterocycles. The Balaban J connectivity index is 1.21. The van der Waals surface area contributed by atoms with Crippen LogP contribution in [0.2, 0.25) is 0 Å². The van der Waals surface area contributed by atoms with Crippen molar-refractivity contribution in [1.29, 1.82) is 0 Å². The van der Waals surface area contributed by atoms with Crippen LogP contribution in [0.4, 0.5) is 21.5 Å². The number of benzene rings is 4. The van der Waals surface area contributed by atoms with Gasteiger partial charge in [0.15, 0.2) is 0 Å². The molecule has 2 aliphatic rings. The van der Waals surface area contributed by atoms with Crippen molar-refractivity contribution in [3.05, 3.63) is 125 Å². The summed E-state index contributed by atoms with van der Waals surface area (Å²) >= 11 is 0. The first kappa shape index (κ1) is 34.0. The van der Waals surface area contributed by atoms with Crippen LogP contribution in [-0.2, 0) is 31.9 Å². The maximum Gasteiger partial charge on any atom is 0.258 e. The van der Waals surface area contributed by atoms with Crippen LogP contribution >= 0.6 is 0 Å². The molecule has 0 atom stereocenters. The number of likely N-dealkylation sites (N-methyl/N-ethyl adjacent to an activating group) is 2. The molecule has 3 N–H and O–H groups in total. The monoisotopic (exact) mass is 682 g/mol. The highest BCUT2D eigenvalue weighted by molar-refractivity contribution is 7.88. The van der Waals surface area contributed by atoms with E-state index in [0.717, 1.165) is 37.4 Å². The average molecular weight is 683 g/mol. The van der Waals surface area contributed by atoms with Crippen molar-refractivity contribution in [2.45, 2.75) is 12.3 Å². The van der Waals surface area contributed by atoms with E-state index in [2.05, 4.69) is 32.2 Å². The van der Waals surface area contributed by atoms with E-state index < -0.39 is 15.8 Å². The lowest BCUT2D eigenvalue weighted by Crippen LogP contribution is -2.48. The zero-order chi connectivity index (χ0) is 34.5. The van der Waals surface area contributed by atoms with Crippen LogP contribution in [0.5, 0.6) is 0 Å². The van der Waals surface area contributed by atoms with E-state index >= 15 is 0 Å². The van der Waals surface area contributed by atoms with Gasteiger partial charge in [-0.15, -0.1) is 0 Å². The smallest absolute Gasteiger partial charge is 0.258 e. The third-order valence-corrected chi connectivity index (χ3v) is 10.1. The lowest BCUT2D eigenvalue weighted by Gasteiger charge is -2.32. The number of nitrogens with one attached hydrogen (secondary N) is 3. The molecular formula is C37H39FN6O4S. The highest BCUT2D eigenvalue weighted by atomic mass is 32.2. The number of sulfonamides is 1. The molecule has 0 aliphatic carbocycles.